The molecule has 3 saturated heterocycles. The topological polar surface area (TPSA) is 43.8 Å². The first-order valence-corrected chi connectivity index (χ1v) is 8.38. The van der Waals surface area contributed by atoms with Gasteiger partial charge in [0.2, 0.25) is 0 Å². The van der Waals surface area contributed by atoms with Crippen molar-refractivity contribution in [3.63, 3.8) is 0 Å². The number of carboxylic acid groups (broad SMARTS) is 1. The minimum atomic E-state index is -0.562. The molecule has 2 unspecified atom stereocenters. The van der Waals surface area contributed by atoms with Crippen LogP contribution in [0.3, 0.4) is 0 Å². The molecule has 3 aliphatic heterocycles. The molecule has 0 spiro atoms. The Hall–Kier alpha value is -0.610. The number of nitrogens with zero attached hydrogens (tertiary/aromatic N) is 2. The zero-order chi connectivity index (χ0) is 14.2. The lowest BCUT2D eigenvalue weighted by Gasteiger charge is -2.42. The largest absolute Gasteiger partial charge is 0.481 e. The Morgan fingerprint density at radius 2 is 1.75 bits per heavy atom. The number of fused-ring (bicyclic) bond motifs is 1. The van der Waals surface area contributed by atoms with Gasteiger partial charge in [0.1, 0.15) is 0 Å². The third-order valence-electron chi connectivity index (χ3n) is 5.98. The van der Waals surface area contributed by atoms with Crippen LogP contribution in [0.4, 0.5) is 0 Å². The molecule has 0 aliphatic carbocycles. The molecule has 3 fully saturated rings. The second-order valence-corrected chi connectivity index (χ2v) is 6.97. The highest BCUT2D eigenvalue weighted by Gasteiger charge is 2.45. The Morgan fingerprint density at radius 1 is 1.10 bits per heavy atom. The Bertz CT molecular complexity index is 363. The fraction of sp³-hybridized carbons (Fsp3) is 0.938. The number of carboxylic acids is 1. The van der Waals surface area contributed by atoms with Gasteiger partial charge in [0.05, 0.1) is 5.41 Å². The van der Waals surface area contributed by atoms with E-state index in [1.807, 2.05) is 0 Å². The van der Waals surface area contributed by atoms with E-state index in [0.29, 0.717) is 6.04 Å². The molecule has 0 radical (unpaired) electrons. The number of hydrogen-bond acceptors (Lipinski definition) is 3. The summed E-state index contributed by atoms with van der Waals surface area (Å²) >= 11 is 0. The summed E-state index contributed by atoms with van der Waals surface area (Å²) in [5, 5.41) is 9.59. The molecule has 3 heterocycles. The fourth-order valence-electron chi connectivity index (χ4n) is 4.81. The number of hydrogen-bond donors (Lipinski definition) is 1. The van der Waals surface area contributed by atoms with E-state index in [0.717, 1.165) is 44.8 Å². The SMILES string of the molecule is CCCC1(C(=O)O)CCN(C2CCN3CCCC23)CC1. The minimum Gasteiger partial charge on any atom is -0.481 e. The summed E-state index contributed by atoms with van der Waals surface area (Å²) in [6.45, 7) is 6.61. The summed E-state index contributed by atoms with van der Waals surface area (Å²) < 4.78 is 0. The van der Waals surface area contributed by atoms with Gasteiger partial charge in [-0.1, -0.05) is 13.3 Å². The molecular weight excluding hydrogens is 252 g/mol. The molecule has 114 valence electrons. The predicted molar refractivity (Wildman–Crippen MR) is 78.8 cm³/mol. The Morgan fingerprint density at radius 3 is 2.40 bits per heavy atom. The van der Waals surface area contributed by atoms with Gasteiger partial charge in [-0.25, -0.2) is 0 Å². The number of carbonyl (C=O) groups is 1. The van der Waals surface area contributed by atoms with Crippen LogP contribution in [0.15, 0.2) is 0 Å². The van der Waals surface area contributed by atoms with Crippen molar-refractivity contribution in [3.8, 4) is 0 Å². The molecule has 4 nitrogen and oxygen atoms in total. The van der Waals surface area contributed by atoms with Gasteiger partial charge < -0.3 is 5.11 Å². The number of rotatable bonds is 4. The molecule has 1 N–H and O–H groups in total. The first-order valence-electron chi connectivity index (χ1n) is 8.38. The van der Waals surface area contributed by atoms with Gasteiger partial charge in [0.15, 0.2) is 0 Å². The number of likely N-dealkylation sites (tertiary alicyclic amines) is 1. The normalized spacial score (nSPS) is 34.2. The van der Waals surface area contributed by atoms with Crippen LogP contribution >= 0.6 is 0 Å². The highest BCUT2D eigenvalue weighted by Crippen LogP contribution is 2.39. The lowest BCUT2D eigenvalue weighted by molar-refractivity contribution is -0.153. The van der Waals surface area contributed by atoms with Crippen molar-refractivity contribution in [2.24, 2.45) is 5.41 Å². The maximum absolute atomic E-state index is 11.7. The molecule has 0 saturated carbocycles. The molecule has 0 aromatic carbocycles. The quantitative estimate of drug-likeness (QED) is 0.857. The second-order valence-electron chi connectivity index (χ2n) is 6.97. The predicted octanol–water partition coefficient (Wildman–Crippen LogP) is 2.19. The van der Waals surface area contributed by atoms with Crippen LogP contribution in [0, 0.1) is 5.41 Å². The van der Waals surface area contributed by atoms with Crippen molar-refractivity contribution in [2.75, 3.05) is 26.2 Å². The summed E-state index contributed by atoms with van der Waals surface area (Å²) in [7, 11) is 0. The molecule has 0 aromatic heterocycles. The highest BCUT2D eigenvalue weighted by molar-refractivity contribution is 5.74. The minimum absolute atomic E-state index is 0.431. The third-order valence-corrected chi connectivity index (χ3v) is 5.98. The Kier molecular flexibility index (Phi) is 4.04. The van der Waals surface area contributed by atoms with Crippen LogP contribution in [0.25, 0.3) is 0 Å². The molecule has 3 aliphatic rings. The van der Waals surface area contributed by atoms with E-state index in [9.17, 15) is 9.90 Å². The summed E-state index contributed by atoms with van der Waals surface area (Å²) in [5.41, 5.74) is -0.431. The van der Waals surface area contributed by atoms with Crippen LogP contribution in [0.5, 0.6) is 0 Å². The van der Waals surface area contributed by atoms with Crippen LogP contribution in [-0.4, -0.2) is 59.1 Å². The lowest BCUT2D eigenvalue weighted by Crippen LogP contribution is -2.50. The van der Waals surface area contributed by atoms with Crippen LogP contribution in [0.1, 0.15) is 51.9 Å². The Labute approximate surface area is 122 Å². The van der Waals surface area contributed by atoms with E-state index in [4.69, 9.17) is 0 Å². The van der Waals surface area contributed by atoms with Gasteiger partial charge in [-0.05, 0) is 58.2 Å². The number of piperidine rings is 1. The van der Waals surface area contributed by atoms with Gasteiger partial charge in [0, 0.05) is 18.6 Å². The van der Waals surface area contributed by atoms with Crippen LogP contribution in [-0.2, 0) is 4.79 Å². The molecule has 4 heteroatoms. The molecular formula is C16H28N2O2. The van der Waals surface area contributed by atoms with Crippen molar-refractivity contribution in [3.05, 3.63) is 0 Å². The molecule has 2 atom stereocenters. The zero-order valence-electron chi connectivity index (χ0n) is 12.7. The van der Waals surface area contributed by atoms with E-state index < -0.39 is 11.4 Å². The van der Waals surface area contributed by atoms with E-state index >= 15 is 0 Å². The van der Waals surface area contributed by atoms with Gasteiger partial charge in [-0.3, -0.25) is 14.6 Å². The van der Waals surface area contributed by atoms with E-state index in [2.05, 4.69) is 16.7 Å². The van der Waals surface area contributed by atoms with Crippen molar-refractivity contribution in [1.29, 1.82) is 0 Å². The van der Waals surface area contributed by atoms with Gasteiger partial charge in [-0.15, -0.1) is 0 Å². The summed E-state index contributed by atoms with van der Waals surface area (Å²) in [5.74, 6) is -0.562. The molecule has 0 aromatic rings. The first kappa shape index (κ1) is 14.3. The average Bonchev–Trinajstić information content (AvgIpc) is 3.02. The smallest absolute Gasteiger partial charge is 0.309 e. The molecule has 0 bridgehead atoms. The van der Waals surface area contributed by atoms with Gasteiger partial charge in [0.25, 0.3) is 0 Å². The third kappa shape index (κ3) is 2.37. The zero-order valence-corrected chi connectivity index (χ0v) is 12.7. The second kappa shape index (κ2) is 5.64. The van der Waals surface area contributed by atoms with E-state index in [1.54, 1.807) is 0 Å². The Balaban J connectivity index is 1.62. The average molecular weight is 280 g/mol. The standard InChI is InChI=1S/C16H28N2O2/c1-2-6-16(15(19)20)7-11-18(12-8-16)14-5-10-17-9-3-4-13(14)17/h13-14H,2-12H2,1H3,(H,19,20). The monoisotopic (exact) mass is 280 g/mol. The maximum atomic E-state index is 11.7. The van der Waals surface area contributed by atoms with Crippen LogP contribution in [0.2, 0.25) is 0 Å². The summed E-state index contributed by atoms with van der Waals surface area (Å²) in [6.07, 6.45) is 7.50. The lowest BCUT2D eigenvalue weighted by atomic mass is 9.74. The molecule has 20 heavy (non-hydrogen) atoms. The first-order chi connectivity index (χ1) is 9.66. The van der Waals surface area contributed by atoms with Crippen molar-refractivity contribution in [2.45, 2.75) is 64.0 Å². The maximum Gasteiger partial charge on any atom is 0.309 e. The molecule has 0 amide bonds. The number of aliphatic carboxylic acids is 1. The van der Waals surface area contributed by atoms with Crippen molar-refractivity contribution in [1.82, 2.24) is 9.80 Å². The summed E-state index contributed by atoms with van der Waals surface area (Å²) in [4.78, 5) is 16.9. The van der Waals surface area contributed by atoms with E-state index in [-0.39, 0.29) is 0 Å². The summed E-state index contributed by atoms with van der Waals surface area (Å²) in [6, 6.07) is 1.46. The van der Waals surface area contributed by atoms with Crippen molar-refractivity contribution < 1.29 is 9.90 Å². The van der Waals surface area contributed by atoms with E-state index in [1.165, 1.54) is 32.4 Å². The van der Waals surface area contributed by atoms with Crippen molar-refractivity contribution >= 4 is 5.97 Å². The molecule has 3 rings (SSSR count). The fourth-order valence-corrected chi connectivity index (χ4v) is 4.81. The highest BCUT2D eigenvalue weighted by atomic mass is 16.4. The van der Waals surface area contributed by atoms with Gasteiger partial charge >= 0.3 is 5.97 Å². The van der Waals surface area contributed by atoms with Crippen LogP contribution < -0.4 is 0 Å². The van der Waals surface area contributed by atoms with Gasteiger partial charge in [-0.2, -0.15) is 0 Å².